The van der Waals surface area contributed by atoms with Crippen molar-refractivity contribution in [2.45, 2.75) is 6.92 Å². The van der Waals surface area contributed by atoms with E-state index in [0.29, 0.717) is 6.54 Å². The van der Waals surface area contributed by atoms with Crippen LogP contribution in [0.25, 0.3) is 6.08 Å². The maximum Gasteiger partial charge on any atom is 0.407 e. The maximum absolute atomic E-state index is 11.4. The lowest BCUT2D eigenvalue weighted by atomic mass is 10.2. The normalized spacial score (nSPS) is 10.2. The van der Waals surface area contributed by atoms with Gasteiger partial charge in [0.05, 0.1) is 6.54 Å². The Bertz CT molecular complexity index is 430. The van der Waals surface area contributed by atoms with Gasteiger partial charge in [0.25, 0.3) is 0 Å². The first-order valence-electron chi connectivity index (χ1n) is 6.14. The number of hydrogen-bond donors (Lipinski definition) is 2. The zero-order chi connectivity index (χ0) is 13.9. The van der Waals surface area contributed by atoms with Crippen LogP contribution < -0.4 is 10.6 Å². The largest absolute Gasteiger partial charge is 0.448 e. The molecule has 5 heteroatoms. The fraction of sp³-hybridized carbons (Fsp3) is 0.286. The average molecular weight is 262 g/mol. The summed E-state index contributed by atoms with van der Waals surface area (Å²) in [6.07, 6.45) is 2.69. The number of amides is 2. The van der Waals surface area contributed by atoms with Gasteiger partial charge in [0.15, 0.2) is 0 Å². The molecule has 0 heterocycles. The molecule has 0 radical (unpaired) electrons. The van der Waals surface area contributed by atoms with Crippen LogP contribution in [0.2, 0.25) is 0 Å². The molecule has 0 aromatic heterocycles. The number of hydrogen-bond acceptors (Lipinski definition) is 3. The number of benzene rings is 1. The summed E-state index contributed by atoms with van der Waals surface area (Å²) in [6.45, 7) is 2.76. The van der Waals surface area contributed by atoms with Crippen LogP contribution in [0.1, 0.15) is 12.5 Å². The van der Waals surface area contributed by atoms with E-state index in [-0.39, 0.29) is 19.1 Å². The topological polar surface area (TPSA) is 67.4 Å². The second-order valence-electron chi connectivity index (χ2n) is 3.70. The lowest BCUT2D eigenvalue weighted by Gasteiger charge is -2.05. The molecule has 0 aliphatic carbocycles. The summed E-state index contributed by atoms with van der Waals surface area (Å²) < 4.78 is 4.81. The van der Waals surface area contributed by atoms with E-state index in [1.807, 2.05) is 30.3 Å². The van der Waals surface area contributed by atoms with E-state index in [1.165, 1.54) is 6.08 Å². The van der Waals surface area contributed by atoms with Crippen LogP contribution >= 0.6 is 0 Å². The molecule has 0 spiro atoms. The first-order chi connectivity index (χ1) is 9.22. The van der Waals surface area contributed by atoms with Crippen molar-refractivity contribution in [3.63, 3.8) is 0 Å². The summed E-state index contributed by atoms with van der Waals surface area (Å²) in [5, 5.41) is 5.11. The van der Waals surface area contributed by atoms with Crippen molar-refractivity contribution < 1.29 is 14.3 Å². The van der Waals surface area contributed by atoms with E-state index in [4.69, 9.17) is 4.74 Å². The lowest BCUT2D eigenvalue weighted by molar-refractivity contribution is -0.116. The van der Waals surface area contributed by atoms with Gasteiger partial charge in [0.2, 0.25) is 5.91 Å². The van der Waals surface area contributed by atoms with E-state index in [9.17, 15) is 9.59 Å². The lowest BCUT2D eigenvalue weighted by Crippen LogP contribution is -2.30. The molecule has 0 fully saturated rings. The molecule has 1 rings (SSSR count). The van der Waals surface area contributed by atoms with Gasteiger partial charge in [-0.05, 0) is 18.6 Å². The van der Waals surface area contributed by atoms with E-state index in [1.54, 1.807) is 13.0 Å². The predicted octanol–water partition coefficient (Wildman–Crippen LogP) is 1.56. The van der Waals surface area contributed by atoms with Crippen LogP contribution in [0, 0.1) is 0 Å². The fourth-order valence-corrected chi connectivity index (χ4v) is 1.31. The van der Waals surface area contributed by atoms with E-state index < -0.39 is 6.09 Å². The molecule has 19 heavy (non-hydrogen) atoms. The maximum atomic E-state index is 11.4. The highest BCUT2D eigenvalue weighted by atomic mass is 16.5. The van der Waals surface area contributed by atoms with E-state index in [2.05, 4.69) is 10.6 Å². The molecule has 1 aromatic rings. The SMILES string of the molecule is CCNC(=O)OCCNC(=O)/C=C/c1ccccc1. The molecule has 0 atom stereocenters. The Kier molecular flexibility index (Phi) is 6.79. The Balaban J connectivity index is 2.18. The van der Waals surface area contributed by atoms with E-state index in [0.717, 1.165) is 5.56 Å². The molecule has 0 aliphatic rings. The van der Waals surface area contributed by atoms with Crippen molar-refractivity contribution in [1.29, 1.82) is 0 Å². The molecule has 1 aromatic carbocycles. The van der Waals surface area contributed by atoms with Crippen LogP contribution in [0.5, 0.6) is 0 Å². The Hall–Kier alpha value is -2.30. The molecule has 0 aliphatic heterocycles. The van der Waals surface area contributed by atoms with Crippen molar-refractivity contribution >= 4 is 18.1 Å². The minimum atomic E-state index is -0.475. The van der Waals surface area contributed by atoms with Gasteiger partial charge in [0.1, 0.15) is 6.61 Å². The monoisotopic (exact) mass is 262 g/mol. The van der Waals surface area contributed by atoms with Crippen molar-refractivity contribution in [1.82, 2.24) is 10.6 Å². The van der Waals surface area contributed by atoms with Crippen LogP contribution in [-0.4, -0.2) is 31.7 Å². The van der Waals surface area contributed by atoms with Crippen LogP contribution in [0.3, 0.4) is 0 Å². The third-order valence-corrected chi connectivity index (χ3v) is 2.18. The summed E-state index contributed by atoms with van der Waals surface area (Å²) in [7, 11) is 0. The number of carbonyl (C=O) groups is 2. The van der Waals surface area contributed by atoms with Gasteiger partial charge in [-0.15, -0.1) is 0 Å². The van der Waals surface area contributed by atoms with Crippen LogP contribution in [0.15, 0.2) is 36.4 Å². The summed E-state index contributed by atoms with van der Waals surface area (Å²) >= 11 is 0. The van der Waals surface area contributed by atoms with Gasteiger partial charge in [-0.3, -0.25) is 4.79 Å². The number of rotatable bonds is 6. The van der Waals surface area contributed by atoms with Crippen molar-refractivity contribution in [2.24, 2.45) is 0 Å². The molecule has 0 bridgehead atoms. The third kappa shape index (κ3) is 6.88. The second kappa shape index (κ2) is 8.74. The van der Waals surface area contributed by atoms with Gasteiger partial charge in [-0.25, -0.2) is 4.79 Å². The third-order valence-electron chi connectivity index (χ3n) is 2.18. The van der Waals surface area contributed by atoms with Crippen molar-refractivity contribution in [3.05, 3.63) is 42.0 Å². The Morgan fingerprint density at radius 1 is 1.21 bits per heavy atom. The Morgan fingerprint density at radius 2 is 1.95 bits per heavy atom. The van der Waals surface area contributed by atoms with Gasteiger partial charge in [0, 0.05) is 12.6 Å². The molecule has 2 amide bonds. The fourth-order valence-electron chi connectivity index (χ4n) is 1.31. The molecular formula is C14H18N2O3. The molecule has 0 saturated heterocycles. The Labute approximate surface area is 112 Å². The quantitative estimate of drug-likeness (QED) is 0.604. The number of alkyl carbamates (subject to hydrolysis) is 1. The van der Waals surface area contributed by atoms with Crippen molar-refractivity contribution in [3.8, 4) is 0 Å². The van der Waals surface area contributed by atoms with Gasteiger partial charge < -0.3 is 15.4 Å². The molecule has 0 saturated carbocycles. The number of ether oxygens (including phenoxy) is 1. The van der Waals surface area contributed by atoms with Gasteiger partial charge in [-0.2, -0.15) is 0 Å². The standard InChI is InChI=1S/C14H18N2O3/c1-2-15-14(18)19-11-10-16-13(17)9-8-12-6-4-3-5-7-12/h3-9H,2,10-11H2,1H3,(H,15,18)(H,16,17)/b9-8+. The summed E-state index contributed by atoms with van der Waals surface area (Å²) in [5.41, 5.74) is 0.955. The highest BCUT2D eigenvalue weighted by molar-refractivity contribution is 5.91. The average Bonchev–Trinajstić information content (AvgIpc) is 2.43. The summed E-state index contributed by atoms with van der Waals surface area (Å²) in [6, 6.07) is 9.52. The van der Waals surface area contributed by atoms with Crippen LogP contribution in [-0.2, 0) is 9.53 Å². The second-order valence-corrected chi connectivity index (χ2v) is 3.70. The highest BCUT2D eigenvalue weighted by Crippen LogP contribution is 2.00. The smallest absolute Gasteiger partial charge is 0.407 e. The molecule has 102 valence electrons. The number of carbonyl (C=O) groups excluding carboxylic acids is 2. The molecule has 2 N–H and O–H groups in total. The minimum Gasteiger partial charge on any atom is -0.448 e. The van der Waals surface area contributed by atoms with Crippen molar-refractivity contribution in [2.75, 3.05) is 19.7 Å². The molecule has 0 unspecified atom stereocenters. The molecule has 5 nitrogen and oxygen atoms in total. The van der Waals surface area contributed by atoms with Gasteiger partial charge >= 0.3 is 6.09 Å². The molecular weight excluding hydrogens is 244 g/mol. The predicted molar refractivity (Wildman–Crippen MR) is 73.5 cm³/mol. The summed E-state index contributed by atoms with van der Waals surface area (Å²) in [5.74, 6) is -0.219. The van der Waals surface area contributed by atoms with Crippen LogP contribution in [0.4, 0.5) is 4.79 Å². The minimum absolute atomic E-state index is 0.150. The van der Waals surface area contributed by atoms with E-state index >= 15 is 0 Å². The van der Waals surface area contributed by atoms with Gasteiger partial charge in [-0.1, -0.05) is 30.3 Å². The first kappa shape index (κ1) is 14.8. The Morgan fingerprint density at radius 3 is 2.63 bits per heavy atom. The first-order valence-corrected chi connectivity index (χ1v) is 6.14. The zero-order valence-electron chi connectivity index (χ0n) is 10.9. The number of nitrogens with one attached hydrogen (secondary N) is 2. The zero-order valence-corrected chi connectivity index (χ0v) is 10.9. The highest BCUT2D eigenvalue weighted by Gasteiger charge is 1.99. The summed E-state index contributed by atoms with van der Waals surface area (Å²) in [4.78, 5) is 22.4.